The van der Waals surface area contributed by atoms with Gasteiger partial charge in [-0.05, 0) is 30.3 Å². The lowest BCUT2D eigenvalue weighted by atomic mass is 10.1. The molecule has 13 nitrogen and oxygen atoms in total. The lowest BCUT2D eigenvalue weighted by molar-refractivity contribution is -0.385. The van der Waals surface area contributed by atoms with Crippen molar-refractivity contribution >= 4 is 17.2 Å². The van der Waals surface area contributed by atoms with Gasteiger partial charge in [0.25, 0.3) is 11.6 Å². The molecule has 2 aromatic heterocycles. The van der Waals surface area contributed by atoms with Crippen LogP contribution in [0.2, 0.25) is 0 Å². The number of fused-ring (bicyclic) bond motifs is 1. The minimum absolute atomic E-state index is 0.0608. The third kappa shape index (κ3) is 4.94. The lowest BCUT2D eigenvalue weighted by Gasteiger charge is -2.11. The summed E-state index contributed by atoms with van der Waals surface area (Å²) < 4.78 is 22.6. The minimum Gasteiger partial charge on any atom is -0.497 e. The van der Waals surface area contributed by atoms with E-state index in [4.69, 9.17) is 18.9 Å². The van der Waals surface area contributed by atoms with Crippen LogP contribution in [0.4, 0.5) is 5.69 Å². The number of aromatic nitrogens is 4. The molecule has 13 heteroatoms. The molecule has 0 aliphatic heterocycles. The van der Waals surface area contributed by atoms with Gasteiger partial charge in [0.1, 0.15) is 17.9 Å². The number of methoxy groups -OCH3 is 3. The molecule has 186 valence electrons. The molecule has 0 saturated heterocycles. The minimum atomic E-state index is -0.661. The van der Waals surface area contributed by atoms with E-state index in [9.17, 15) is 14.9 Å². The van der Waals surface area contributed by atoms with E-state index in [1.165, 1.54) is 20.3 Å². The number of nitrogens with zero attached hydrogens (tertiary/aromatic N) is 5. The van der Waals surface area contributed by atoms with E-state index in [2.05, 4.69) is 20.6 Å². The van der Waals surface area contributed by atoms with Gasteiger partial charge < -0.3 is 24.3 Å². The Morgan fingerprint density at radius 2 is 1.72 bits per heavy atom. The highest BCUT2D eigenvalue weighted by molar-refractivity contribution is 5.99. The van der Waals surface area contributed by atoms with E-state index in [1.807, 2.05) is 24.3 Å². The number of hydrogen-bond donors (Lipinski definition) is 1. The Balaban J connectivity index is 1.43. The van der Waals surface area contributed by atoms with Crippen molar-refractivity contribution in [3.05, 3.63) is 64.2 Å². The van der Waals surface area contributed by atoms with Gasteiger partial charge in [0, 0.05) is 17.7 Å². The highest BCUT2D eigenvalue weighted by atomic mass is 16.6. The van der Waals surface area contributed by atoms with E-state index >= 15 is 0 Å². The Kier molecular flexibility index (Phi) is 7.09. The van der Waals surface area contributed by atoms with Crippen molar-refractivity contribution in [2.45, 2.75) is 0 Å². The number of benzene rings is 2. The van der Waals surface area contributed by atoms with Crippen LogP contribution >= 0.6 is 0 Å². The molecule has 4 aromatic rings. The average Bonchev–Trinajstić information content (AvgIpc) is 3.33. The first kappa shape index (κ1) is 24.2. The maximum Gasteiger partial charge on any atom is 0.286 e. The van der Waals surface area contributed by atoms with Gasteiger partial charge in [0.2, 0.25) is 5.88 Å². The standard InChI is InChI=1S/C23H22N6O7/c1-33-15-6-4-14(5-7-15)22-26-25-20-8-9-21(27-28(20)22)36-11-10-24-23(30)16-12-18(34-2)19(35-3)13-17(16)29(31)32/h4-9,12-13H,10-11H2,1-3H3,(H,24,30). The molecule has 0 bridgehead atoms. The molecule has 36 heavy (non-hydrogen) atoms. The molecular formula is C23H22N6O7. The predicted octanol–water partition coefficient (Wildman–Crippen LogP) is 2.53. The second-order valence-corrected chi connectivity index (χ2v) is 7.28. The van der Waals surface area contributed by atoms with Crippen LogP contribution in [0, 0.1) is 10.1 Å². The third-order valence-corrected chi connectivity index (χ3v) is 5.17. The molecule has 2 heterocycles. The topological polar surface area (TPSA) is 152 Å². The van der Waals surface area contributed by atoms with Gasteiger partial charge in [-0.3, -0.25) is 14.9 Å². The molecule has 1 N–H and O–H groups in total. The first-order chi connectivity index (χ1) is 17.4. The summed E-state index contributed by atoms with van der Waals surface area (Å²) in [5.41, 5.74) is 0.752. The third-order valence-electron chi connectivity index (χ3n) is 5.17. The molecule has 0 atom stereocenters. The Labute approximate surface area is 204 Å². The molecule has 0 fully saturated rings. The predicted molar refractivity (Wildman–Crippen MR) is 127 cm³/mol. The van der Waals surface area contributed by atoms with E-state index in [-0.39, 0.29) is 36.1 Å². The van der Waals surface area contributed by atoms with Gasteiger partial charge >= 0.3 is 0 Å². The maximum absolute atomic E-state index is 12.6. The lowest BCUT2D eigenvalue weighted by Crippen LogP contribution is -2.28. The molecule has 1 amide bonds. The van der Waals surface area contributed by atoms with E-state index in [1.54, 1.807) is 23.8 Å². The van der Waals surface area contributed by atoms with Crippen molar-refractivity contribution in [1.29, 1.82) is 0 Å². The number of nitro groups is 1. The number of nitrogens with one attached hydrogen (secondary N) is 1. The SMILES string of the molecule is COc1ccc(-c2nnc3ccc(OCCNC(=O)c4cc(OC)c(OC)cc4[N+](=O)[O-])nn23)cc1. The highest BCUT2D eigenvalue weighted by Crippen LogP contribution is 2.34. The van der Waals surface area contributed by atoms with Crippen LogP contribution in [-0.4, -0.2) is 65.1 Å². The Morgan fingerprint density at radius 1 is 1.00 bits per heavy atom. The fourth-order valence-electron chi connectivity index (χ4n) is 3.39. The first-order valence-corrected chi connectivity index (χ1v) is 10.6. The number of nitro benzene ring substituents is 1. The number of carbonyl (C=O) groups excluding carboxylic acids is 1. The molecule has 2 aromatic carbocycles. The van der Waals surface area contributed by atoms with Crippen molar-refractivity contribution < 1.29 is 28.7 Å². The van der Waals surface area contributed by atoms with Crippen molar-refractivity contribution in [3.8, 4) is 34.5 Å². The second-order valence-electron chi connectivity index (χ2n) is 7.28. The second kappa shape index (κ2) is 10.5. The zero-order valence-corrected chi connectivity index (χ0v) is 19.6. The van der Waals surface area contributed by atoms with Crippen LogP contribution in [-0.2, 0) is 0 Å². The molecule has 0 radical (unpaired) electrons. The average molecular weight is 494 g/mol. The molecule has 0 saturated carbocycles. The summed E-state index contributed by atoms with van der Waals surface area (Å²) >= 11 is 0. The van der Waals surface area contributed by atoms with Crippen LogP contribution < -0.4 is 24.3 Å². The van der Waals surface area contributed by atoms with Crippen molar-refractivity contribution in [2.24, 2.45) is 0 Å². The Bertz CT molecular complexity index is 1400. The summed E-state index contributed by atoms with van der Waals surface area (Å²) in [6.45, 7) is 0.128. The summed E-state index contributed by atoms with van der Waals surface area (Å²) in [6.07, 6.45) is 0. The summed E-state index contributed by atoms with van der Waals surface area (Å²) in [4.78, 5) is 23.4. The van der Waals surface area contributed by atoms with Crippen LogP contribution in [0.3, 0.4) is 0 Å². The first-order valence-electron chi connectivity index (χ1n) is 10.6. The number of ether oxygens (including phenoxy) is 4. The van der Waals surface area contributed by atoms with Crippen LogP contribution in [0.25, 0.3) is 17.0 Å². The fourth-order valence-corrected chi connectivity index (χ4v) is 3.39. The van der Waals surface area contributed by atoms with Crippen LogP contribution in [0.15, 0.2) is 48.5 Å². The van der Waals surface area contributed by atoms with Crippen LogP contribution in [0.5, 0.6) is 23.1 Å². The Morgan fingerprint density at radius 3 is 2.39 bits per heavy atom. The van der Waals surface area contributed by atoms with Gasteiger partial charge in [-0.25, -0.2) is 0 Å². The monoisotopic (exact) mass is 494 g/mol. The molecule has 0 aliphatic rings. The number of hydrogen-bond acceptors (Lipinski definition) is 10. The Hall–Kier alpha value is -4.94. The number of amides is 1. The molecule has 0 unspecified atom stereocenters. The smallest absolute Gasteiger partial charge is 0.286 e. The zero-order chi connectivity index (χ0) is 25.7. The molecular weight excluding hydrogens is 472 g/mol. The van der Waals surface area contributed by atoms with E-state index in [0.717, 1.165) is 11.6 Å². The molecule has 0 aliphatic carbocycles. The molecule has 0 spiro atoms. The van der Waals surface area contributed by atoms with Crippen molar-refractivity contribution in [1.82, 2.24) is 25.1 Å². The maximum atomic E-state index is 12.6. The van der Waals surface area contributed by atoms with Gasteiger partial charge in [-0.15, -0.1) is 15.3 Å². The summed E-state index contributed by atoms with van der Waals surface area (Å²) in [6, 6.07) is 13.0. The van der Waals surface area contributed by atoms with E-state index in [0.29, 0.717) is 17.2 Å². The van der Waals surface area contributed by atoms with Crippen molar-refractivity contribution in [3.63, 3.8) is 0 Å². The number of carbonyl (C=O) groups is 1. The largest absolute Gasteiger partial charge is 0.497 e. The van der Waals surface area contributed by atoms with E-state index < -0.39 is 16.5 Å². The number of rotatable bonds is 10. The van der Waals surface area contributed by atoms with Crippen LogP contribution in [0.1, 0.15) is 10.4 Å². The van der Waals surface area contributed by atoms with Crippen molar-refractivity contribution in [2.75, 3.05) is 34.5 Å². The van der Waals surface area contributed by atoms with Gasteiger partial charge in [0.15, 0.2) is 23.0 Å². The van der Waals surface area contributed by atoms with Gasteiger partial charge in [-0.2, -0.15) is 4.52 Å². The quantitative estimate of drug-likeness (QED) is 0.198. The summed E-state index contributed by atoms with van der Waals surface area (Å²) in [5.74, 6) is 1.20. The summed E-state index contributed by atoms with van der Waals surface area (Å²) in [5, 5.41) is 26.7. The van der Waals surface area contributed by atoms with Gasteiger partial charge in [-0.1, -0.05) is 0 Å². The fraction of sp³-hybridized carbons (Fsp3) is 0.217. The summed E-state index contributed by atoms with van der Waals surface area (Å²) in [7, 11) is 4.31. The highest BCUT2D eigenvalue weighted by Gasteiger charge is 2.24. The zero-order valence-electron chi connectivity index (χ0n) is 19.6. The van der Waals surface area contributed by atoms with Gasteiger partial charge in [0.05, 0.1) is 38.9 Å². The molecule has 4 rings (SSSR count). The normalized spacial score (nSPS) is 10.6.